The smallest absolute Gasteiger partial charge is 0.251 e. The summed E-state index contributed by atoms with van der Waals surface area (Å²) in [5, 5.41) is 14.4. The molecule has 0 unspecified atom stereocenters. The number of hydrogen-bond donors (Lipinski definition) is 3. The highest BCUT2D eigenvalue weighted by Gasteiger charge is 2.04. The Bertz CT molecular complexity index is 566. The van der Waals surface area contributed by atoms with E-state index in [1.54, 1.807) is 12.1 Å². The zero-order valence-corrected chi connectivity index (χ0v) is 12.3. The molecule has 1 aromatic carbocycles. The van der Waals surface area contributed by atoms with Crippen molar-refractivity contribution in [2.45, 2.75) is 6.54 Å². The summed E-state index contributed by atoms with van der Waals surface area (Å²) in [6.07, 6.45) is 0. The van der Waals surface area contributed by atoms with Gasteiger partial charge in [-0.3, -0.25) is 4.79 Å². The van der Waals surface area contributed by atoms with Gasteiger partial charge in [0.15, 0.2) is 4.67 Å². The topological polar surface area (TPSA) is 74.5 Å². The molecule has 20 heavy (non-hydrogen) atoms. The van der Waals surface area contributed by atoms with Gasteiger partial charge in [-0.05, 0) is 52.3 Å². The molecule has 0 fully saturated rings. The van der Waals surface area contributed by atoms with E-state index in [1.165, 1.54) is 0 Å². The minimum atomic E-state index is -0.194. The molecule has 0 aliphatic heterocycles. The molecule has 5 nitrogen and oxygen atoms in total. The predicted octanol–water partition coefficient (Wildman–Crippen LogP) is 2.38. The third-order valence-corrected chi connectivity index (χ3v) is 3.07. The molecule has 106 valence electrons. The van der Waals surface area contributed by atoms with Crippen molar-refractivity contribution in [2.75, 3.05) is 18.5 Å². The van der Waals surface area contributed by atoms with Crippen molar-refractivity contribution in [3.63, 3.8) is 0 Å². The second-order valence-corrected chi connectivity index (χ2v) is 4.90. The summed E-state index contributed by atoms with van der Waals surface area (Å²) < 4.78 is 6.08. The molecule has 0 saturated heterocycles. The third kappa shape index (κ3) is 4.11. The number of aliphatic hydroxyl groups is 1. The third-order valence-electron chi connectivity index (χ3n) is 2.64. The Balaban J connectivity index is 1.89. The van der Waals surface area contributed by atoms with Crippen LogP contribution in [0.25, 0.3) is 0 Å². The van der Waals surface area contributed by atoms with E-state index in [0.717, 1.165) is 11.4 Å². The minimum absolute atomic E-state index is 0.0654. The van der Waals surface area contributed by atoms with Crippen LogP contribution < -0.4 is 10.6 Å². The van der Waals surface area contributed by atoms with Crippen LogP contribution in [0.5, 0.6) is 0 Å². The number of carbonyl (C=O) groups is 1. The van der Waals surface area contributed by atoms with E-state index in [1.807, 2.05) is 24.3 Å². The molecule has 1 amide bonds. The lowest BCUT2D eigenvalue weighted by atomic mass is 10.2. The fraction of sp³-hybridized carbons (Fsp3) is 0.214. The van der Waals surface area contributed by atoms with Crippen LogP contribution in [0, 0.1) is 0 Å². The maximum Gasteiger partial charge on any atom is 0.251 e. The van der Waals surface area contributed by atoms with E-state index in [2.05, 4.69) is 26.6 Å². The second-order valence-electron chi connectivity index (χ2n) is 4.12. The maximum absolute atomic E-state index is 11.6. The summed E-state index contributed by atoms with van der Waals surface area (Å²) in [7, 11) is 0. The van der Waals surface area contributed by atoms with Crippen molar-refractivity contribution in [3.8, 4) is 0 Å². The lowest BCUT2D eigenvalue weighted by Crippen LogP contribution is -2.26. The lowest BCUT2D eigenvalue weighted by molar-refractivity contribution is 0.0945. The molecule has 2 rings (SSSR count). The first-order valence-electron chi connectivity index (χ1n) is 6.16. The van der Waals surface area contributed by atoms with Crippen molar-refractivity contribution in [3.05, 3.63) is 52.4 Å². The fourth-order valence-electron chi connectivity index (χ4n) is 1.65. The maximum atomic E-state index is 11.6. The van der Waals surface area contributed by atoms with Gasteiger partial charge in [-0.25, -0.2) is 0 Å². The highest BCUT2D eigenvalue weighted by Crippen LogP contribution is 2.16. The highest BCUT2D eigenvalue weighted by molar-refractivity contribution is 9.10. The molecular weight excluding hydrogens is 324 g/mol. The molecule has 0 radical (unpaired) electrons. The average Bonchev–Trinajstić information content (AvgIpc) is 2.89. The zero-order valence-electron chi connectivity index (χ0n) is 10.7. The number of amides is 1. The van der Waals surface area contributed by atoms with Gasteiger partial charge in [0.25, 0.3) is 5.91 Å². The first kappa shape index (κ1) is 14.6. The van der Waals surface area contributed by atoms with Gasteiger partial charge in [0, 0.05) is 17.8 Å². The molecule has 0 aliphatic rings. The number of anilines is 1. The van der Waals surface area contributed by atoms with Gasteiger partial charge in [0.05, 0.1) is 13.2 Å². The normalized spacial score (nSPS) is 10.3. The van der Waals surface area contributed by atoms with Crippen molar-refractivity contribution < 1.29 is 14.3 Å². The number of benzene rings is 1. The first-order chi connectivity index (χ1) is 9.69. The molecule has 0 bridgehead atoms. The molecule has 0 atom stereocenters. The summed E-state index contributed by atoms with van der Waals surface area (Å²) in [5.74, 6) is 0.627. The number of nitrogens with one attached hydrogen (secondary N) is 2. The van der Waals surface area contributed by atoms with Crippen molar-refractivity contribution >= 4 is 27.5 Å². The summed E-state index contributed by atoms with van der Waals surface area (Å²) in [6, 6.07) is 10.8. The summed E-state index contributed by atoms with van der Waals surface area (Å²) in [6.45, 7) is 0.762. The van der Waals surface area contributed by atoms with E-state index in [0.29, 0.717) is 16.8 Å². The number of carbonyl (C=O) groups excluding carboxylic acids is 1. The summed E-state index contributed by atoms with van der Waals surface area (Å²) in [5.41, 5.74) is 1.46. The number of aliphatic hydroxyl groups excluding tert-OH is 1. The monoisotopic (exact) mass is 338 g/mol. The minimum Gasteiger partial charge on any atom is -0.452 e. The van der Waals surface area contributed by atoms with Crippen LogP contribution in [0.4, 0.5) is 5.69 Å². The second kappa shape index (κ2) is 7.12. The molecule has 3 N–H and O–H groups in total. The van der Waals surface area contributed by atoms with Crippen LogP contribution in [0.15, 0.2) is 45.5 Å². The lowest BCUT2D eigenvalue weighted by Gasteiger charge is -2.06. The van der Waals surface area contributed by atoms with Gasteiger partial charge < -0.3 is 20.2 Å². The van der Waals surface area contributed by atoms with Crippen LogP contribution in [0.2, 0.25) is 0 Å². The number of rotatable bonds is 6. The Labute approximate surface area is 125 Å². The average molecular weight is 339 g/mol. The van der Waals surface area contributed by atoms with Crippen LogP contribution >= 0.6 is 15.9 Å². The van der Waals surface area contributed by atoms with Crippen molar-refractivity contribution in [1.29, 1.82) is 0 Å². The summed E-state index contributed by atoms with van der Waals surface area (Å²) in [4.78, 5) is 11.6. The van der Waals surface area contributed by atoms with E-state index < -0.39 is 0 Å². The molecule has 0 aliphatic carbocycles. The zero-order chi connectivity index (χ0) is 14.4. The molecule has 2 aromatic rings. The van der Waals surface area contributed by atoms with Gasteiger partial charge >= 0.3 is 0 Å². The quantitative estimate of drug-likeness (QED) is 0.755. The van der Waals surface area contributed by atoms with Gasteiger partial charge in [-0.1, -0.05) is 0 Å². The molecule has 6 heteroatoms. The van der Waals surface area contributed by atoms with E-state index in [4.69, 9.17) is 9.52 Å². The van der Waals surface area contributed by atoms with Crippen molar-refractivity contribution in [2.24, 2.45) is 0 Å². The van der Waals surface area contributed by atoms with Gasteiger partial charge in [-0.15, -0.1) is 0 Å². The Hall–Kier alpha value is -1.79. The molecular formula is C14H15BrN2O3. The highest BCUT2D eigenvalue weighted by atomic mass is 79.9. The molecule has 1 heterocycles. The molecule has 0 saturated carbocycles. The largest absolute Gasteiger partial charge is 0.452 e. The van der Waals surface area contributed by atoms with Crippen LogP contribution in [-0.4, -0.2) is 24.2 Å². The SMILES string of the molecule is O=C(NCCO)c1ccc(NCc2ccc(Br)o2)cc1. The Kier molecular flexibility index (Phi) is 5.20. The van der Waals surface area contributed by atoms with Crippen LogP contribution in [-0.2, 0) is 6.54 Å². The molecule has 0 spiro atoms. The Morgan fingerprint density at radius 1 is 1.20 bits per heavy atom. The van der Waals surface area contributed by atoms with E-state index in [-0.39, 0.29) is 19.1 Å². The fourth-order valence-corrected chi connectivity index (χ4v) is 1.99. The van der Waals surface area contributed by atoms with Gasteiger partial charge in [-0.2, -0.15) is 0 Å². The number of halogens is 1. The predicted molar refractivity (Wildman–Crippen MR) is 79.6 cm³/mol. The van der Waals surface area contributed by atoms with Crippen LogP contribution in [0.3, 0.4) is 0 Å². The van der Waals surface area contributed by atoms with Gasteiger partial charge in [0.1, 0.15) is 5.76 Å². The van der Waals surface area contributed by atoms with E-state index in [9.17, 15) is 4.79 Å². The first-order valence-corrected chi connectivity index (χ1v) is 6.95. The standard InChI is InChI=1S/C14H15BrN2O3/c15-13-6-5-12(20-13)9-17-11-3-1-10(2-4-11)14(19)16-7-8-18/h1-6,17-18H,7-9H2,(H,16,19). The number of hydrogen-bond acceptors (Lipinski definition) is 4. The molecule has 1 aromatic heterocycles. The number of furan rings is 1. The van der Waals surface area contributed by atoms with E-state index >= 15 is 0 Å². The summed E-state index contributed by atoms with van der Waals surface area (Å²) >= 11 is 3.25. The van der Waals surface area contributed by atoms with Crippen LogP contribution in [0.1, 0.15) is 16.1 Å². The Morgan fingerprint density at radius 2 is 1.95 bits per heavy atom. The van der Waals surface area contributed by atoms with Crippen molar-refractivity contribution in [1.82, 2.24) is 5.32 Å². The Morgan fingerprint density at radius 3 is 2.55 bits per heavy atom. The van der Waals surface area contributed by atoms with Gasteiger partial charge in [0.2, 0.25) is 0 Å².